The molecule has 122 valence electrons. The topological polar surface area (TPSA) is 0 Å². The number of hydrogen-bond acceptors (Lipinski definition) is 0. The Labute approximate surface area is 150 Å². The van der Waals surface area contributed by atoms with E-state index in [9.17, 15) is 0 Å². The summed E-state index contributed by atoms with van der Waals surface area (Å²) >= 11 is 0. The van der Waals surface area contributed by atoms with Crippen LogP contribution < -0.4 is 15.9 Å². The van der Waals surface area contributed by atoms with Crippen LogP contribution in [-0.2, 0) is 0 Å². The van der Waals surface area contributed by atoms with Crippen molar-refractivity contribution in [1.82, 2.24) is 0 Å². The van der Waals surface area contributed by atoms with E-state index < -0.39 is 7.61 Å². The fraction of sp³-hybridized carbons (Fsp3) is 0.143. The van der Waals surface area contributed by atoms with Gasteiger partial charge in [0.25, 0.3) is 0 Å². The van der Waals surface area contributed by atoms with Crippen molar-refractivity contribution in [2.45, 2.75) is 20.8 Å². The molecule has 0 N–H and O–H groups in total. The second-order valence-corrected chi connectivity index (χ2v) is 14.1. The molecule has 0 aliphatic heterocycles. The minimum Gasteiger partial charge on any atom is -0.101 e. The highest BCUT2D eigenvalue weighted by molar-refractivity contribution is 8.59. The first-order valence-electron chi connectivity index (χ1n) is 8.11. The van der Waals surface area contributed by atoms with Gasteiger partial charge in [0.2, 0.25) is 0 Å². The van der Waals surface area contributed by atoms with Crippen LogP contribution in [0.15, 0.2) is 72.8 Å². The van der Waals surface area contributed by atoms with Crippen molar-refractivity contribution in [3.63, 3.8) is 0 Å². The lowest BCUT2D eigenvalue weighted by Crippen LogP contribution is -2.17. The lowest BCUT2D eigenvalue weighted by Gasteiger charge is -2.29. The third-order valence-corrected chi connectivity index (χ3v) is 13.8. The summed E-state index contributed by atoms with van der Waals surface area (Å²) in [6, 6.07) is 26.6. The van der Waals surface area contributed by atoms with Gasteiger partial charge in [-0.3, -0.25) is 0 Å². The molecule has 0 aromatic heterocycles. The second-order valence-electron chi connectivity index (χ2n) is 6.02. The molecule has 0 spiro atoms. The van der Waals surface area contributed by atoms with E-state index in [4.69, 9.17) is 0 Å². The quantitative estimate of drug-likeness (QED) is 0.529. The van der Waals surface area contributed by atoms with Crippen LogP contribution in [0.4, 0.5) is 0 Å². The fourth-order valence-electron chi connectivity index (χ4n) is 2.89. The van der Waals surface area contributed by atoms with Gasteiger partial charge in [-0.1, -0.05) is 72.8 Å². The molecule has 0 fully saturated rings. The van der Waals surface area contributed by atoms with Crippen molar-refractivity contribution in [1.29, 1.82) is 0 Å². The van der Waals surface area contributed by atoms with E-state index in [1.165, 1.54) is 32.6 Å². The average molecular weight is 368 g/mol. The van der Waals surface area contributed by atoms with Crippen molar-refractivity contribution in [3.05, 3.63) is 89.5 Å². The molecule has 2 unspecified atom stereocenters. The first-order chi connectivity index (χ1) is 11.6. The number of aryl methyl sites for hydroxylation is 3. The third-order valence-electron chi connectivity index (χ3n) is 4.27. The van der Waals surface area contributed by atoms with Gasteiger partial charge >= 0.3 is 0 Å². The van der Waals surface area contributed by atoms with Gasteiger partial charge in [-0.2, -0.15) is 0 Å². The van der Waals surface area contributed by atoms with E-state index in [1.54, 1.807) is 0 Å². The van der Waals surface area contributed by atoms with Crippen molar-refractivity contribution >= 4 is 39.8 Å². The highest BCUT2D eigenvalue weighted by atomic mass is 32.4. The van der Waals surface area contributed by atoms with Crippen molar-refractivity contribution in [2.24, 2.45) is 0 Å². The first-order valence-corrected chi connectivity index (χ1v) is 13.1. The fourth-order valence-corrected chi connectivity index (χ4v) is 12.9. The van der Waals surface area contributed by atoms with Crippen molar-refractivity contribution < 1.29 is 0 Å². The summed E-state index contributed by atoms with van der Waals surface area (Å²) in [6.45, 7) is 6.72. The van der Waals surface area contributed by atoms with Crippen LogP contribution in [-0.4, -0.2) is 0 Å². The van der Waals surface area contributed by atoms with Gasteiger partial charge in [0.05, 0.1) is 0 Å². The standard InChI is InChI=1S/C21H23P3/c1-16-10-4-7-13-19(16)23(20-14-8-5-11-17(20)2)24(22)21-15-9-6-12-18(21)3/h4-15H,22H2,1-3H3. The highest BCUT2D eigenvalue weighted by Crippen LogP contribution is 2.72. The predicted molar refractivity (Wildman–Crippen MR) is 116 cm³/mol. The van der Waals surface area contributed by atoms with Crippen LogP contribution in [0.1, 0.15) is 16.7 Å². The van der Waals surface area contributed by atoms with Crippen LogP contribution in [0.5, 0.6) is 0 Å². The molecule has 0 aliphatic carbocycles. The summed E-state index contributed by atoms with van der Waals surface area (Å²) < 4.78 is 0. The monoisotopic (exact) mass is 368 g/mol. The van der Waals surface area contributed by atoms with E-state index in [0.29, 0.717) is 0 Å². The van der Waals surface area contributed by atoms with E-state index in [0.717, 1.165) is 0 Å². The minimum absolute atomic E-state index is 0.363. The SMILES string of the molecule is Cc1ccccc1P(P)P(c1ccccc1C)c1ccccc1C. The zero-order chi connectivity index (χ0) is 17.1. The molecule has 3 heteroatoms. The maximum absolute atomic E-state index is 3.21. The molecule has 0 nitrogen and oxygen atoms in total. The van der Waals surface area contributed by atoms with Crippen LogP contribution in [0.2, 0.25) is 0 Å². The van der Waals surface area contributed by atoms with Crippen LogP contribution in [0, 0.1) is 20.8 Å². The van der Waals surface area contributed by atoms with Crippen molar-refractivity contribution in [2.75, 3.05) is 0 Å². The number of rotatable bonds is 4. The van der Waals surface area contributed by atoms with Gasteiger partial charge in [-0.25, -0.2) is 0 Å². The second kappa shape index (κ2) is 7.89. The molecule has 0 heterocycles. The molecule has 0 saturated carbocycles. The molecular formula is C21H23P3. The Morgan fingerprint density at radius 2 is 0.875 bits per heavy atom. The van der Waals surface area contributed by atoms with Crippen LogP contribution in [0.25, 0.3) is 0 Å². The highest BCUT2D eigenvalue weighted by Gasteiger charge is 2.25. The molecule has 0 radical (unpaired) electrons. The molecule has 24 heavy (non-hydrogen) atoms. The molecule has 0 saturated heterocycles. The van der Waals surface area contributed by atoms with Gasteiger partial charge in [0, 0.05) is 0 Å². The third kappa shape index (κ3) is 3.63. The molecule has 2 atom stereocenters. The Bertz CT molecular complexity index is 796. The molecular weight excluding hydrogens is 345 g/mol. The first kappa shape index (κ1) is 17.8. The Hall–Kier alpha value is -1.05. The van der Waals surface area contributed by atoms with Gasteiger partial charge < -0.3 is 0 Å². The summed E-state index contributed by atoms with van der Waals surface area (Å²) in [5.74, 6) is 0. The lowest BCUT2D eigenvalue weighted by atomic mass is 10.2. The van der Waals surface area contributed by atoms with Gasteiger partial charge in [-0.15, -0.1) is 8.93 Å². The Morgan fingerprint density at radius 3 is 1.25 bits per heavy atom. The normalized spacial score (nSPS) is 12.4. The zero-order valence-corrected chi connectivity index (χ0v) is 17.3. The van der Waals surface area contributed by atoms with Crippen molar-refractivity contribution in [3.8, 4) is 0 Å². The maximum Gasteiger partial charge on any atom is -0.0102 e. The molecule has 0 aliphatic rings. The Balaban J connectivity index is 2.18. The summed E-state index contributed by atoms with van der Waals surface area (Å²) in [5.41, 5.74) is 4.19. The summed E-state index contributed by atoms with van der Waals surface area (Å²) in [6.07, 6.45) is 0. The Kier molecular flexibility index (Phi) is 5.84. The van der Waals surface area contributed by atoms with Crippen LogP contribution >= 0.6 is 23.8 Å². The molecule has 3 rings (SSSR count). The van der Waals surface area contributed by atoms with E-state index in [1.807, 2.05) is 0 Å². The van der Waals surface area contributed by atoms with Gasteiger partial charge in [-0.05, 0) is 68.3 Å². The minimum atomic E-state index is -0.418. The summed E-state index contributed by atoms with van der Waals surface area (Å²) in [5, 5.41) is 4.51. The predicted octanol–water partition coefficient (Wildman–Crippen LogP) is 5.56. The number of benzene rings is 3. The molecule has 0 bridgehead atoms. The van der Waals surface area contributed by atoms with E-state index >= 15 is 0 Å². The number of hydrogen-bond donors (Lipinski definition) is 0. The molecule has 3 aromatic carbocycles. The largest absolute Gasteiger partial charge is 0.101 e. The summed E-state index contributed by atoms with van der Waals surface area (Å²) in [4.78, 5) is 0. The molecule has 3 aromatic rings. The maximum atomic E-state index is 3.21. The smallest absolute Gasteiger partial charge is 0.0102 e. The van der Waals surface area contributed by atoms with Gasteiger partial charge in [0.15, 0.2) is 0 Å². The van der Waals surface area contributed by atoms with E-state index in [2.05, 4.69) is 102 Å². The average Bonchev–Trinajstić information content (AvgIpc) is 2.58. The summed E-state index contributed by atoms with van der Waals surface area (Å²) in [7, 11) is 2.42. The lowest BCUT2D eigenvalue weighted by molar-refractivity contribution is 1.51. The molecule has 0 amide bonds. The van der Waals surface area contributed by atoms with E-state index in [-0.39, 0.29) is 7.30 Å². The van der Waals surface area contributed by atoms with Crippen LogP contribution in [0.3, 0.4) is 0 Å². The van der Waals surface area contributed by atoms with Gasteiger partial charge in [0.1, 0.15) is 0 Å². The zero-order valence-electron chi connectivity index (χ0n) is 14.4. The Morgan fingerprint density at radius 1 is 0.542 bits per heavy atom.